The normalized spacial score (nSPS) is 14.9. The lowest BCUT2D eigenvalue weighted by Crippen LogP contribution is -2.20. The number of hydrogen-bond donors (Lipinski definition) is 1. The molecular formula is C27H29N5O5S. The Hall–Kier alpha value is -3.83. The molecule has 1 unspecified atom stereocenters. The molecule has 10 nitrogen and oxygen atoms in total. The molecule has 2 aromatic heterocycles. The second-order valence-electron chi connectivity index (χ2n) is 8.67. The van der Waals surface area contributed by atoms with Gasteiger partial charge in [-0.3, -0.25) is 9.78 Å². The number of aromatic nitrogens is 4. The molecule has 1 N–H and O–H groups in total. The lowest BCUT2D eigenvalue weighted by atomic mass is 10.2. The van der Waals surface area contributed by atoms with Crippen molar-refractivity contribution in [1.82, 2.24) is 19.7 Å². The van der Waals surface area contributed by atoms with Gasteiger partial charge in [0.05, 0.1) is 38.3 Å². The number of carbonyl (C=O) groups is 1. The number of pyridine rings is 1. The molecule has 2 aromatic carbocycles. The number of ether oxygens (including phenoxy) is 4. The van der Waals surface area contributed by atoms with E-state index < -0.39 is 0 Å². The van der Waals surface area contributed by atoms with E-state index in [4.69, 9.17) is 18.9 Å². The van der Waals surface area contributed by atoms with Gasteiger partial charge >= 0.3 is 0 Å². The predicted molar refractivity (Wildman–Crippen MR) is 144 cm³/mol. The first-order valence-electron chi connectivity index (χ1n) is 12.3. The molecular weight excluding hydrogens is 506 g/mol. The van der Waals surface area contributed by atoms with Crippen LogP contribution in [0, 0.1) is 0 Å². The average molecular weight is 536 g/mol. The first-order valence-corrected chi connectivity index (χ1v) is 13.3. The van der Waals surface area contributed by atoms with Crippen molar-refractivity contribution in [2.45, 2.75) is 37.3 Å². The number of nitrogens with zero attached hydrogens (tertiary/aromatic N) is 4. The number of anilines is 1. The number of nitrogens with one attached hydrogen (secondary N) is 1. The number of thioether (sulfide) groups is 1. The first-order chi connectivity index (χ1) is 18.6. The fourth-order valence-electron chi connectivity index (χ4n) is 4.27. The molecule has 198 valence electrons. The zero-order chi connectivity index (χ0) is 26.3. The van der Waals surface area contributed by atoms with Crippen molar-refractivity contribution in [3.05, 3.63) is 60.6 Å². The molecule has 1 amide bonds. The number of hydrogen-bond acceptors (Lipinski definition) is 9. The highest BCUT2D eigenvalue weighted by molar-refractivity contribution is 7.99. The van der Waals surface area contributed by atoms with E-state index in [-0.39, 0.29) is 24.4 Å². The Kier molecular flexibility index (Phi) is 8.25. The van der Waals surface area contributed by atoms with E-state index in [9.17, 15) is 4.79 Å². The Labute approximate surface area is 224 Å². The Morgan fingerprint density at radius 1 is 1.13 bits per heavy atom. The van der Waals surface area contributed by atoms with E-state index in [1.807, 2.05) is 34.9 Å². The average Bonchev–Trinajstić information content (AvgIpc) is 3.61. The van der Waals surface area contributed by atoms with Crippen molar-refractivity contribution < 1.29 is 23.7 Å². The van der Waals surface area contributed by atoms with Crippen LogP contribution >= 0.6 is 11.8 Å². The lowest BCUT2D eigenvalue weighted by Gasteiger charge is -2.15. The van der Waals surface area contributed by atoms with Gasteiger partial charge in [-0.25, -0.2) is 0 Å². The van der Waals surface area contributed by atoms with Crippen LogP contribution in [0.5, 0.6) is 17.2 Å². The van der Waals surface area contributed by atoms with Gasteiger partial charge in [0.15, 0.2) is 11.0 Å². The minimum Gasteiger partial charge on any atom is -0.497 e. The third-order valence-corrected chi connectivity index (χ3v) is 7.14. The molecule has 1 saturated heterocycles. The fourth-order valence-corrected chi connectivity index (χ4v) is 5.04. The second kappa shape index (κ2) is 12.1. The number of benzene rings is 2. The van der Waals surface area contributed by atoms with Crippen LogP contribution < -0.4 is 19.5 Å². The summed E-state index contributed by atoms with van der Waals surface area (Å²) in [4.78, 5) is 17.3. The van der Waals surface area contributed by atoms with Crippen molar-refractivity contribution in [3.63, 3.8) is 0 Å². The van der Waals surface area contributed by atoms with Crippen LogP contribution in [0.1, 0.15) is 18.7 Å². The number of carbonyl (C=O) groups excluding carboxylic acids is 1. The summed E-state index contributed by atoms with van der Waals surface area (Å²) in [5.41, 5.74) is 1.33. The zero-order valence-corrected chi connectivity index (χ0v) is 22.1. The molecule has 1 aliphatic heterocycles. The summed E-state index contributed by atoms with van der Waals surface area (Å²) in [6.45, 7) is 1.55. The summed E-state index contributed by atoms with van der Waals surface area (Å²) < 4.78 is 24.6. The Bertz CT molecular complexity index is 1400. The van der Waals surface area contributed by atoms with Crippen molar-refractivity contribution >= 4 is 34.3 Å². The van der Waals surface area contributed by atoms with Crippen molar-refractivity contribution in [3.8, 4) is 17.2 Å². The summed E-state index contributed by atoms with van der Waals surface area (Å²) in [6.07, 6.45) is 3.80. The van der Waals surface area contributed by atoms with E-state index in [2.05, 4.69) is 20.5 Å². The van der Waals surface area contributed by atoms with Crippen LogP contribution in [0.2, 0.25) is 0 Å². The molecule has 1 atom stereocenters. The van der Waals surface area contributed by atoms with Crippen LogP contribution in [-0.4, -0.2) is 58.3 Å². The summed E-state index contributed by atoms with van der Waals surface area (Å²) in [5.74, 6) is 2.44. The SMILES string of the molecule is COc1ccc(OC)c(NC(=O)CSc2nnc(COc3cccc4cccnc34)n2CC2CCCO2)c1. The number of para-hydroxylation sites is 1. The van der Waals surface area contributed by atoms with Gasteiger partial charge in [0.1, 0.15) is 29.4 Å². The maximum Gasteiger partial charge on any atom is 0.234 e. The van der Waals surface area contributed by atoms with Crippen molar-refractivity contribution in [1.29, 1.82) is 0 Å². The molecule has 5 rings (SSSR count). The first kappa shape index (κ1) is 25.8. The van der Waals surface area contributed by atoms with Crippen molar-refractivity contribution in [2.24, 2.45) is 0 Å². The van der Waals surface area contributed by atoms with E-state index in [1.165, 1.54) is 11.8 Å². The minimum atomic E-state index is -0.201. The van der Waals surface area contributed by atoms with E-state index in [0.29, 0.717) is 40.5 Å². The standard InChI is InChI=1S/C27H29N5O5S/c1-34-19-10-11-22(35-2)21(14-19)29-25(33)17-38-27-31-30-24(32(27)15-20-8-5-13-36-20)16-37-23-9-3-6-18-7-4-12-28-26(18)23/h3-4,6-7,9-12,14,20H,5,8,13,15-17H2,1-2H3,(H,29,33). The van der Waals surface area contributed by atoms with E-state index in [1.54, 1.807) is 38.6 Å². The van der Waals surface area contributed by atoms with Gasteiger partial charge < -0.3 is 28.8 Å². The summed E-state index contributed by atoms with van der Waals surface area (Å²) in [7, 11) is 3.12. The minimum absolute atomic E-state index is 0.0678. The molecule has 0 saturated carbocycles. The zero-order valence-electron chi connectivity index (χ0n) is 21.3. The van der Waals surface area contributed by atoms with Gasteiger partial charge in [-0.05, 0) is 37.1 Å². The molecule has 0 radical (unpaired) electrons. The molecule has 38 heavy (non-hydrogen) atoms. The molecule has 0 spiro atoms. The Morgan fingerprint density at radius 2 is 2.03 bits per heavy atom. The molecule has 0 aliphatic carbocycles. The molecule has 3 heterocycles. The number of rotatable bonds is 11. The third kappa shape index (κ3) is 6.00. The summed E-state index contributed by atoms with van der Waals surface area (Å²) in [5, 5.41) is 13.3. The van der Waals surface area contributed by atoms with Crippen LogP contribution in [-0.2, 0) is 22.7 Å². The van der Waals surface area contributed by atoms with Gasteiger partial charge in [0, 0.05) is 24.3 Å². The monoisotopic (exact) mass is 535 g/mol. The largest absolute Gasteiger partial charge is 0.497 e. The highest BCUT2D eigenvalue weighted by Crippen LogP contribution is 2.30. The second-order valence-corrected chi connectivity index (χ2v) is 9.61. The van der Waals surface area contributed by atoms with E-state index >= 15 is 0 Å². The van der Waals surface area contributed by atoms with Crippen LogP contribution in [0.4, 0.5) is 5.69 Å². The van der Waals surface area contributed by atoms with Gasteiger partial charge in [0.25, 0.3) is 0 Å². The van der Waals surface area contributed by atoms with Gasteiger partial charge in [-0.1, -0.05) is 30.0 Å². The number of methoxy groups -OCH3 is 2. The molecule has 1 aliphatic rings. The van der Waals surface area contributed by atoms with Crippen LogP contribution in [0.25, 0.3) is 10.9 Å². The number of amides is 1. The van der Waals surface area contributed by atoms with Crippen LogP contribution in [0.3, 0.4) is 0 Å². The molecule has 4 aromatic rings. The topological polar surface area (TPSA) is 110 Å². The number of fused-ring (bicyclic) bond motifs is 1. The summed E-state index contributed by atoms with van der Waals surface area (Å²) in [6, 6.07) is 15.0. The third-order valence-electron chi connectivity index (χ3n) is 6.17. The molecule has 11 heteroatoms. The molecule has 0 bridgehead atoms. The summed E-state index contributed by atoms with van der Waals surface area (Å²) >= 11 is 1.31. The van der Waals surface area contributed by atoms with Gasteiger partial charge in [0.2, 0.25) is 5.91 Å². The fraction of sp³-hybridized carbons (Fsp3) is 0.333. The highest BCUT2D eigenvalue weighted by atomic mass is 32.2. The smallest absolute Gasteiger partial charge is 0.234 e. The maximum atomic E-state index is 12.8. The predicted octanol–water partition coefficient (Wildman–Crippen LogP) is 4.33. The molecule has 1 fully saturated rings. The maximum absolute atomic E-state index is 12.8. The van der Waals surface area contributed by atoms with Crippen molar-refractivity contribution in [2.75, 3.05) is 31.9 Å². The van der Waals surface area contributed by atoms with Crippen LogP contribution in [0.15, 0.2) is 59.9 Å². The quantitative estimate of drug-likeness (QED) is 0.281. The van der Waals surface area contributed by atoms with Gasteiger partial charge in [-0.15, -0.1) is 10.2 Å². The Balaban J connectivity index is 1.29. The van der Waals surface area contributed by atoms with E-state index in [0.717, 1.165) is 30.4 Å². The Morgan fingerprint density at radius 3 is 2.84 bits per heavy atom. The lowest BCUT2D eigenvalue weighted by molar-refractivity contribution is -0.113. The highest BCUT2D eigenvalue weighted by Gasteiger charge is 2.22. The van der Waals surface area contributed by atoms with Gasteiger partial charge in [-0.2, -0.15) is 0 Å².